The molecule has 1 atom stereocenters. The van der Waals surface area contributed by atoms with Gasteiger partial charge < -0.3 is 24.2 Å². The molecule has 0 spiro atoms. The standard InChI is InChI=1S/C27H33FN4O9S/c1-27(2,3)41-26(36)30(10-11-39-4)14-18-12-19-20(32(18)25(34)35)13-21(40-16-17-8-6-5-7-9-17)24(23(19)28)31-15-22(33)29-42(31,37)38/h5-9,13,18H,10-12,14-16H2,1-4H3,(H,29,33)(H,34,35)/t18-/m1/s1. The highest BCUT2D eigenvalue weighted by Crippen LogP contribution is 2.45. The van der Waals surface area contributed by atoms with Crippen molar-refractivity contribution in [2.24, 2.45) is 0 Å². The number of methoxy groups -OCH3 is 1. The summed E-state index contributed by atoms with van der Waals surface area (Å²) in [5.41, 5.74) is -0.829. The van der Waals surface area contributed by atoms with Crippen LogP contribution in [0, 0.1) is 5.82 Å². The normalized spacial score (nSPS) is 17.5. The fraction of sp³-hybridized carbons (Fsp3) is 0.444. The van der Waals surface area contributed by atoms with Crippen LogP contribution in [0.1, 0.15) is 31.9 Å². The molecule has 0 saturated carbocycles. The van der Waals surface area contributed by atoms with E-state index in [2.05, 4.69) is 0 Å². The molecule has 1 saturated heterocycles. The number of hydrogen-bond acceptors (Lipinski definition) is 8. The van der Waals surface area contributed by atoms with E-state index in [4.69, 9.17) is 14.2 Å². The largest absolute Gasteiger partial charge is 0.487 e. The van der Waals surface area contributed by atoms with Crippen LogP contribution in [0.5, 0.6) is 5.75 Å². The smallest absolute Gasteiger partial charge is 0.412 e. The average Bonchev–Trinajstić information content (AvgIpc) is 3.39. The highest BCUT2D eigenvalue weighted by molar-refractivity contribution is 7.92. The number of ether oxygens (including phenoxy) is 3. The molecule has 2 aliphatic rings. The quantitative estimate of drug-likeness (QED) is 0.437. The molecule has 1 fully saturated rings. The Morgan fingerprint density at radius 3 is 2.48 bits per heavy atom. The number of nitrogens with one attached hydrogen (secondary N) is 1. The summed E-state index contributed by atoms with van der Waals surface area (Å²) >= 11 is 0. The second kappa shape index (κ2) is 12.0. The van der Waals surface area contributed by atoms with E-state index in [0.29, 0.717) is 9.87 Å². The van der Waals surface area contributed by atoms with Crippen LogP contribution in [0.2, 0.25) is 0 Å². The summed E-state index contributed by atoms with van der Waals surface area (Å²) in [6.45, 7) is 4.32. The summed E-state index contributed by atoms with van der Waals surface area (Å²) in [7, 11) is -2.99. The second-order valence-electron chi connectivity index (χ2n) is 10.8. The van der Waals surface area contributed by atoms with Gasteiger partial charge in [-0.3, -0.25) is 9.69 Å². The van der Waals surface area contributed by atoms with Crippen LogP contribution in [0.4, 0.5) is 25.4 Å². The first-order valence-electron chi connectivity index (χ1n) is 13.1. The Bertz CT molecular complexity index is 1460. The molecule has 0 bridgehead atoms. The van der Waals surface area contributed by atoms with Crippen molar-refractivity contribution >= 4 is 39.7 Å². The first kappa shape index (κ1) is 30.8. The number of carbonyl (C=O) groups excluding carboxylic acids is 2. The van der Waals surface area contributed by atoms with Crippen LogP contribution >= 0.6 is 0 Å². The average molecular weight is 609 g/mol. The van der Waals surface area contributed by atoms with Crippen molar-refractivity contribution < 1.29 is 46.5 Å². The molecule has 0 aliphatic carbocycles. The Balaban J connectivity index is 1.76. The van der Waals surface area contributed by atoms with E-state index in [1.54, 1.807) is 51.1 Å². The molecule has 2 heterocycles. The predicted octanol–water partition coefficient (Wildman–Crippen LogP) is 2.88. The lowest BCUT2D eigenvalue weighted by atomic mass is 10.1. The fourth-order valence-corrected chi connectivity index (χ4v) is 5.90. The molecular weight excluding hydrogens is 575 g/mol. The van der Waals surface area contributed by atoms with Crippen molar-refractivity contribution in [3.8, 4) is 5.75 Å². The van der Waals surface area contributed by atoms with Gasteiger partial charge in [-0.1, -0.05) is 30.3 Å². The minimum atomic E-state index is -4.44. The number of benzene rings is 2. The van der Waals surface area contributed by atoms with Gasteiger partial charge in [0.1, 0.15) is 30.2 Å². The first-order chi connectivity index (χ1) is 19.7. The molecule has 2 aromatic rings. The zero-order valence-corrected chi connectivity index (χ0v) is 24.4. The molecule has 2 N–H and O–H groups in total. The number of halogens is 1. The van der Waals surface area contributed by atoms with Crippen LogP contribution in [-0.4, -0.2) is 81.5 Å². The Kier molecular flexibility index (Phi) is 8.82. The molecule has 2 aromatic carbocycles. The molecule has 2 aliphatic heterocycles. The van der Waals surface area contributed by atoms with Gasteiger partial charge in [0, 0.05) is 38.2 Å². The third-order valence-electron chi connectivity index (χ3n) is 6.51. The Morgan fingerprint density at radius 1 is 1.21 bits per heavy atom. The molecule has 4 rings (SSSR count). The van der Waals surface area contributed by atoms with Crippen LogP contribution in [-0.2, 0) is 37.5 Å². The summed E-state index contributed by atoms with van der Waals surface area (Å²) in [5.74, 6) is -2.18. The van der Waals surface area contributed by atoms with E-state index in [1.807, 2.05) is 4.72 Å². The van der Waals surface area contributed by atoms with Gasteiger partial charge in [0.2, 0.25) is 0 Å². The first-order valence-corrected chi connectivity index (χ1v) is 14.5. The van der Waals surface area contributed by atoms with Gasteiger partial charge in [0.15, 0.2) is 5.82 Å². The van der Waals surface area contributed by atoms with Gasteiger partial charge in [-0.05, 0) is 26.3 Å². The lowest BCUT2D eigenvalue weighted by molar-refractivity contribution is -0.117. The Labute approximate surface area is 242 Å². The molecule has 15 heteroatoms. The SMILES string of the molecule is COCCN(C[C@H]1Cc2c(cc(OCc3ccccc3)c(N3CC(=O)NS3(=O)=O)c2F)N1C(=O)O)C(=O)OC(C)(C)C. The fourth-order valence-electron chi connectivity index (χ4n) is 4.74. The summed E-state index contributed by atoms with van der Waals surface area (Å²) in [4.78, 5) is 39.6. The minimum Gasteiger partial charge on any atom is -0.487 e. The third-order valence-corrected chi connectivity index (χ3v) is 7.89. The maximum atomic E-state index is 16.3. The van der Waals surface area contributed by atoms with Gasteiger partial charge in [-0.25, -0.2) is 23.0 Å². The van der Waals surface area contributed by atoms with Gasteiger partial charge in [-0.15, -0.1) is 0 Å². The van der Waals surface area contributed by atoms with E-state index in [0.717, 1.165) is 4.90 Å². The maximum absolute atomic E-state index is 16.3. The molecule has 0 unspecified atom stereocenters. The number of fused-ring (bicyclic) bond motifs is 1. The zero-order valence-electron chi connectivity index (χ0n) is 23.6. The molecule has 42 heavy (non-hydrogen) atoms. The summed E-state index contributed by atoms with van der Waals surface area (Å²) < 4.78 is 60.6. The highest BCUT2D eigenvalue weighted by Gasteiger charge is 2.44. The summed E-state index contributed by atoms with van der Waals surface area (Å²) in [6, 6.07) is 9.08. The molecule has 13 nitrogen and oxygen atoms in total. The van der Waals surface area contributed by atoms with Crippen LogP contribution in [0.3, 0.4) is 0 Å². The predicted molar refractivity (Wildman–Crippen MR) is 149 cm³/mol. The number of anilines is 2. The van der Waals surface area contributed by atoms with E-state index < -0.39 is 58.0 Å². The lowest BCUT2D eigenvalue weighted by Crippen LogP contribution is -2.48. The number of amides is 3. The molecule has 0 radical (unpaired) electrons. The highest BCUT2D eigenvalue weighted by atomic mass is 32.2. The van der Waals surface area contributed by atoms with Gasteiger partial charge >= 0.3 is 22.4 Å². The van der Waals surface area contributed by atoms with E-state index in [9.17, 15) is 27.9 Å². The van der Waals surface area contributed by atoms with Gasteiger partial charge in [0.25, 0.3) is 5.91 Å². The summed E-state index contributed by atoms with van der Waals surface area (Å²) in [6.07, 6.45) is -2.32. The van der Waals surface area contributed by atoms with E-state index in [-0.39, 0.29) is 49.7 Å². The third kappa shape index (κ3) is 6.68. The van der Waals surface area contributed by atoms with Crippen molar-refractivity contribution in [2.75, 3.05) is 42.6 Å². The van der Waals surface area contributed by atoms with Gasteiger partial charge in [0.05, 0.1) is 18.3 Å². The number of hydrogen-bond donors (Lipinski definition) is 2. The van der Waals surface area contributed by atoms with E-state index in [1.165, 1.54) is 18.1 Å². The van der Waals surface area contributed by atoms with Crippen molar-refractivity contribution in [2.45, 2.75) is 45.4 Å². The van der Waals surface area contributed by atoms with E-state index >= 15 is 4.39 Å². The number of carbonyl (C=O) groups is 3. The van der Waals surface area contributed by atoms with Crippen LogP contribution in [0.25, 0.3) is 0 Å². The molecule has 0 aromatic heterocycles. The Hall–Kier alpha value is -4.11. The molecule has 3 amide bonds. The van der Waals surface area contributed by atoms with Crippen molar-refractivity contribution in [3.63, 3.8) is 0 Å². The van der Waals surface area contributed by atoms with Gasteiger partial charge in [-0.2, -0.15) is 8.42 Å². The molecule has 228 valence electrons. The lowest BCUT2D eigenvalue weighted by Gasteiger charge is -2.31. The monoisotopic (exact) mass is 608 g/mol. The van der Waals surface area contributed by atoms with Crippen molar-refractivity contribution in [1.29, 1.82) is 0 Å². The van der Waals surface area contributed by atoms with Crippen molar-refractivity contribution in [1.82, 2.24) is 9.62 Å². The number of carboxylic acid groups (broad SMARTS) is 1. The topological polar surface area (TPSA) is 155 Å². The Morgan fingerprint density at radius 2 is 1.90 bits per heavy atom. The minimum absolute atomic E-state index is 0.0661. The second-order valence-corrected chi connectivity index (χ2v) is 12.4. The number of rotatable bonds is 9. The number of nitrogens with zero attached hydrogens (tertiary/aromatic N) is 3. The van der Waals surface area contributed by atoms with Crippen LogP contribution < -0.4 is 18.7 Å². The van der Waals surface area contributed by atoms with Crippen molar-refractivity contribution in [3.05, 3.63) is 53.3 Å². The summed E-state index contributed by atoms with van der Waals surface area (Å²) in [5, 5.41) is 10.2. The maximum Gasteiger partial charge on any atom is 0.412 e. The molecular formula is C27H33FN4O9S. The zero-order chi connectivity index (χ0) is 30.8. The van der Waals surface area contributed by atoms with Crippen LogP contribution in [0.15, 0.2) is 36.4 Å².